The summed E-state index contributed by atoms with van der Waals surface area (Å²) >= 11 is 0. The van der Waals surface area contributed by atoms with Gasteiger partial charge < -0.3 is 9.47 Å². The number of hydrogen-bond donors (Lipinski definition) is 0. The fourth-order valence-corrected chi connectivity index (χ4v) is 5.01. The van der Waals surface area contributed by atoms with Gasteiger partial charge in [-0.05, 0) is 77.0 Å². The van der Waals surface area contributed by atoms with Gasteiger partial charge in [-0.25, -0.2) is 4.79 Å². The first-order chi connectivity index (χ1) is 9.76. The molecule has 0 saturated heterocycles. The third-order valence-electron chi connectivity index (χ3n) is 5.21. The molecule has 4 heteroatoms. The van der Waals surface area contributed by atoms with Gasteiger partial charge in [0, 0.05) is 0 Å². The van der Waals surface area contributed by atoms with Gasteiger partial charge in [0.25, 0.3) is 0 Å². The largest absolute Gasteiger partial charge is 0.457 e. The number of rotatable bonds is 3. The summed E-state index contributed by atoms with van der Waals surface area (Å²) in [6, 6.07) is 0. The van der Waals surface area contributed by atoms with Gasteiger partial charge >= 0.3 is 11.9 Å². The topological polar surface area (TPSA) is 52.6 Å². The fourth-order valence-electron chi connectivity index (χ4n) is 5.01. The molecule has 0 aromatic heterocycles. The van der Waals surface area contributed by atoms with Crippen molar-refractivity contribution in [1.29, 1.82) is 0 Å². The summed E-state index contributed by atoms with van der Waals surface area (Å²) in [5.74, 6) is 1.48. The highest BCUT2D eigenvalue weighted by atomic mass is 16.6. The molecule has 0 spiro atoms. The summed E-state index contributed by atoms with van der Waals surface area (Å²) in [6.07, 6.45) is 6.76. The van der Waals surface area contributed by atoms with Crippen LogP contribution < -0.4 is 0 Å². The second-order valence-corrected chi connectivity index (χ2v) is 8.36. The minimum Gasteiger partial charge on any atom is -0.457 e. The fraction of sp³-hybridized carbons (Fsp3) is 0.882. The Morgan fingerprint density at radius 2 is 1.48 bits per heavy atom. The van der Waals surface area contributed by atoms with Gasteiger partial charge in [-0.2, -0.15) is 0 Å². The molecular weight excluding hydrogens is 268 g/mol. The van der Waals surface area contributed by atoms with Crippen molar-refractivity contribution in [3.8, 4) is 0 Å². The molecule has 4 rings (SSSR count). The second-order valence-electron chi connectivity index (χ2n) is 8.36. The molecule has 0 heterocycles. The van der Waals surface area contributed by atoms with Crippen molar-refractivity contribution in [1.82, 2.24) is 0 Å². The molecule has 4 bridgehead atoms. The maximum Gasteiger partial charge on any atom is 0.344 e. The van der Waals surface area contributed by atoms with E-state index in [4.69, 9.17) is 9.47 Å². The molecule has 4 aliphatic rings. The van der Waals surface area contributed by atoms with Gasteiger partial charge in [-0.3, -0.25) is 4.79 Å². The summed E-state index contributed by atoms with van der Waals surface area (Å²) in [7, 11) is 0. The van der Waals surface area contributed by atoms with Crippen LogP contribution in [0.2, 0.25) is 0 Å². The Bertz CT molecular complexity index is 411. The van der Waals surface area contributed by atoms with Crippen molar-refractivity contribution in [3.63, 3.8) is 0 Å². The van der Waals surface area contributed by atoms with Crippen LogP contribution in [0.25, 0.3) is 0 Å². The average molecular weight is 294 g/mol. The molecule has 0 atom stereocenters. The summed E-state index contributed by atoms with van der Waals surface area (Å²) in [6.45, 7) is 5.18. The van der Waals surface area contributed by atoms with E-state index in [1.807, 2.05) is 20.8 Å². The standard InChI is InChI=1S/C17H26O4/c1-16(2,3)21-14(18)10-20-15(19)17-7-11-4-12(8-17)6-13(5-11)9-17/h11-13H,4-10H2,1-3H3. The lowest BCUT2D eigenvalue weighted by Gasteiger charge is -2.55. The number of carbonyl (C=O) groups is 2. The van der Waals surface area contributed by atoms with E-state index < -0.39 is 11.6 Å². The first-order valence-corrected chi connectivity index (χ1v) is 8.15. The van der Waals surface area contributed by atoms with Crippen molar-refractivity contribution in [2.45, 2.75) is 64.9 Å². The molecule has 0 amide bonds. The van der Waals surface area contributed by atoms with Gasteiger partial charge in [0.15, 0.2) is 6.61 Å². The molecule has 0 aliphatic heterocycles. The Morgan fingerprint density at radius 3 is 1.90 bits per heavy atom. The summed E-state index contributed by atoms with van der Waals surface area (Å²) < 4.78 is 10.5. The lowest BCUT2D eigenvalue weighted by molar-refractivity contribution is -0.180. The van der Waals surface area contributed by atoms with Crippen LogP contribution in [0.4, 0.5) is 0 Å². The second kappa shape index (κ2) is 4.99. The maximum absolute atomic E-state index is 12.5. The summed E-state index contributed by atoms with van der Waals surface area (Å²) in [4.78, 5) is 24.2. The molecule has 118 valence electrons. The minimum atomic E-state index is -0.538. The van der Waals surface area contributed by atoms with Crippen LogP contribution in [0.3, 0.4) is 0 Å². The predicted octanol–water partition coefficient (Wildman–Crippen LogP) is 3.09. The number of ether oxygens (including phenoxy) is 2. The van der Waals surface area contributed by atoms with E-state index in [2.05, 4.69) is 0 Å². The van der Waals surface area contributed by atoms with Crippen molar-refractivity contribution >= 4 is 11.9 Å². The molecule has 4 aliphatic carbocycles. The van der Waals surface area contributed by atoms with Crippen molar-refractivity contribution < 1.29 is 19.1 Å². The quantitative estimate of drug-likeness (QED) is 0.751. The Morgan fingerprint density at radius 1 is 1.00 bits per heavy atom. The minimum absolute atomic E-state index is 0.160. The van der Waals surface area contributed by atoms with Crippen molar-refractivity contribution in [2.75, 3.05) is 6.61 Å². The monoisotopic (exact) mass is 294 g/mol. The predicted molar refractivity (Wildman–Crippen MR) is 77.4 cm³/mol. The SMILES string of the molecule is CC(C)(C)OC(=O)COC(=O)C12CC3CC(CC(C3)C1)C2. The molecular formula is C17H26O4. The molecule has 0 aromatic carbocycles. The summed E-state index contributed by atoms with van der Waals surface area (Å²) in [5.41, 5.74) is -0.832. The Labute approximate surface area is 126 Å². The van der Waals surface area contributed by atoms with Crippen LogP contribution in [0.1, 0.15) is 59.3 Å². The Balaban J connectivity index is 1.57. The zero-order chi connectivity index (χ0) is 15.3. The highest BCUT2D eigenvalue weighted by molar-refractivity contribution is 5.81. The van der Waals surface area contributed by atoms with Crippen LogP contribution in [0.15, 0.2) is 0 Å². The van der Waals surface area contributed by atoms with E-state index in [-0.39, 0.29) is 18.0 Å². The molecule has 0 unspecified atom stereocenters. The van der Waals surface area contributed by atoms with Crippen LogP contribution in [0.5, 0.6) is 0 Å². The van der Waals surface area contributed by atoms with Crippen LogP contribution in [0, 0.1) is 23.2 Å². The van der Waals surface area contributed by atoms with E-state index in [0.717, 1.165) is 19.3 Å². The van der Waals surface area contributed by atoms with E-state index in [1.54, 1.807) is 0 Å². The molecule has 4 saturated carbocycles. The zero-order valence-electron chi connectivity index (χ0n) is 13.3. The third-order valence-corrected chi connectivity index (χ3v) is 5.21. The van der Waals surface area contributed by atoms with E-state index in [1.165, 1.54) is 19.3 Å². The van der Waals surface area contributed by atoms with Gasteiger partial charge in [-0.15, -0.1) is 0 Å². The van der Waals surface area contributed by atoms with E-state index in [0.29, 0.717) is 17.8 Å². The normalized spacial score (nSPS) is 37.4. The average Bonchev–Trinajstić information content (AvgIpc) is 2.32. The maximum atomic E-state index is 12.5. The molecule has 0 N–H and O–H groups in total. The lowest BCUT2D eigenvalue weighted by atomic mass is 9.49. The van der Waals surface area contributed by atoms with Crippen LogP contribution in [-0.4, -0.2) is 24.1 Å². The van der Waals surface area contributed by atoms with Gasteiger partial charge in [-0.1, -0.05) is 0 Å². The molecule has 4 nitrogen and oxygen atoms in total. The first-order valence-electron chi connectivity index (χ1n) is 8.15. The smallest absolute Gasteiger partial charge is 0.344 e. The highest BCUT2D eigenvalue weighted by Gasteiger charge is 2.55. The Hall–Kier alpha value is -1.06. The number of carbonyl (C=O) groups excluding carboxylic acids is 2. The van der Waals surface area contributed by atoms with E-state index >= 15 is 0 Å². The third kappa shape index (κ3) is 3.09. The number of esters is 2. The molecule has 0 radical (unpaired) electrons. The van der Waals surface area contributed by atoms with Gasteiger partial charge in [0.05, 0.1) is 5.41 Å². The molecule has 4 fully saturated rings. The van der Waals surface area contributed by atoms with Crippen LogP contribution in [-0.2, 0) is 19.1 Å². The Kier molecular flexibility index (Phi) is 3.53. The molecule has 21 heavy (non-hydrogen) atoms. The first kappa shape index (κ1) is 14.9. The lowest BCUT2D eigenvalue weighted by Crippen LogP contribution is -2.50. The van der Waals surface area contributed by atoms with E-state index in [9.17, 15) is 9.59 Å². The summed E-state index contributed by atoms with van der Waals surface area (Å²) in [5, 5.41) is 0. The molecule has 0 aromatic rings. The zero-order valence-corrected chi connectivity index (χ0v) is 13.3. The van der Waals surface area contributed by atoms with Crippen molar-refractivity contribution in [2.24, 2.45) is 23.2 Å². The highest BCUT2D eigenvalue weighted by Crippen LogP contribution is 2.60. The van der Waals surface area contributed by atoms with Gasteiger partial charge in [0.1, 0.15) is 5.60 Å². The van der Waals surface area contributed by atoms with Crippen molar-refractivity contribution in [3.05, 3.63) is 0 Å². The van der Waals surface area contributed by atoms with Gasteiger partial charge in [0.2, 0.25) is 0 Å². The number of hydrogen-bond acceptors (Lipinski definition) is 4. The van der Waals surface area contributed by atoms with Crippen LogP contribution >= 0.6 is 0 Å².